The molecular formula is C84H62BBrN2O2. The largest absolute Gasteiger partial charge is 0.489 e. The second kappa shape index (κ2) is 24.6. The van der Waals surface area contributed by atoms with Crippen LogP contribution in [0.5, 0.6) is 0 Å². The first-order valence-corrected chi connectivity index (χ1v) is 31.1. The minimum atomic E-state index is -1.53. The lowest BCUT2D eigenvalue weighted by Crippen LogP contribution is -2.31. The van der Waals surface area contributed by atoms with Crippen LogP contribution in [-0.4, -0.2) is 17.2 Å². The smallest absolute Gasteiger partial charge is 0.423 e. The SMILES string of the molecule is CC1(C)c2cc(Br)ccc2-c2ccc(C#N)cc21.CC1(C)c2cc(C#N)ccc2-c2ccc(-c3ccccccc(-c4ccc(-c5ccccc5)cc4)c4ccccc34)cc21.OB(O)c1c2ccccc2c(-c2ccc(-c3ccccc3)cc2)c2ccccc12. The lowest BCUT2D eigenvalue weighted by Gasteiger charge is -2.22. The summed E-state index contributed by atoms with van der Waals surface area (Å²) < 4.78 is 1.10. The summed E-state index contributed by atoms with van der Waals surface area (Å²) in [6, 6.07) is 106. The molecule has 0 radical (unpaired) electrons. The standard InChI is InChI=1S/C42H31N.C26H19BO2.C16H12BrN/c1-42(2)40-26-29(28-43)18-24-38(40)39-25-23-33(27-41(39)42)35-15-9-4-3-8-14-34(36-16-10-11-17-37(35)36)32-21-19-31(20-22-32)30-12-6-5-7-13-30;28-27(29)26-23-12-6-4-10-21(23)25(22-11-5-7-13-24(22)26)20-16-14-19(15-17-20)18-8-2-1-3-9-18;1-16(2)14-7-10(9-18)3-5-12(14)13-6-4-11(17)8-15(13)16/h3-27H,1-2H3;1-17,28-29H;3-8H,1-2H3. The van der Waals surface area contributed by atoms with Crippen molar-refractivity contribution in [2.24, 2.45) is 0 Å². The number of nitriles is 2. The molecule has 0 fully saturated rings. The molecule has 0 atom stereocenters. The Morgan fingerprint density at radius 1 is 0.300 bits per heavy atom. The first-order chi connectivity index (χ1) is 43.8. The Morgan fingerprint density at radius 2 is 0.622 bits per heavy atom. The number of nitrogens with zero attached hydrogens (tertiary/aromatic N) is 2. The minimum Gasteiger partial charge on any atom is -0.423 e. The number of fused-ring (bicyclic) bond motifs is 9. The van der Waals surface area contributed by atoms with Crippen LogP contribution in [0.3, 0.4) is 0 Å². The van der Waals surface area contributed by atoms with Crippen LogP contribution in [0.4, 0.5) is 0 Å². The molecule has 90 heavy (non-hydrogen) atoms. The van der Waals surface area contributed by atoms with Gasteiger partial charge in [-0.3, -0.25) is 0 Å². The van der Waals surface area contributed by atoms with Crippen molar-refractivity contribution >= 4 is 60.8 Å². The fourth-order valence-corrected chi connectivity index (χ4v) is 13.9. The highest BCUT2D eigenvalue weighted by molar-refractivity contribution is 9.10. The summed E-state index contributed by atoms with van der Waals surface area (Å²) in [6.07, 6.45) is 0. The Morgan fingerprint density at radius 3 is 1.08 bits per heavy atom. The van der Waals surface area contributed by atoms with E-state index in [4.69, 9.17) is 5.26 Å². The first kappa shape index (κ1) is 58.6. The molecular weight excluding hydrogens is 1160 g/mol. The summed E-state index contributed by atoms with van der Waals surface area (Å²) in [6.45, 7) is 8.96. The second-order valence-electron chi connectivity index (χ2n) is 24.1. The zero-order chi connectivity index (χ0) is 62.1. The molecule has 4 nitrogen and oxygen atoms in total. The first-order valence-electron chi connectivity index (χ1n) is 30.3. The Kier molecular flexibility index (Phi) is 16.0. The highest BCUT2D eigenvalue weighted by Gasteiger charge is 2.37. The molecule has 0 spiro atoms. The Bertz CT molecular complexity index is 5000. The predicted molar refractivity (Wildman–Crippen MR) is 379 cm³/mol. The minimum absolute atomic E-state index is 0.0404. The maximum Gasteiger partial charge on any atom is 0.489 e. The van der Waals surface area contributed by atoms with Crippen LogP contribution < -0.4 is 5.46 Å². The topological polar surface area (TPSA) is 88.0 Å². The molecule has 0 aromatic heterocycles. The van der Waals surface area contributed by atoms with Gasteiger partial charge in [0.05, 0.1) is 23.3 Å². The molecule has 2 N–H and O–H groups in total. The van der Waals surface area contributed by atoms with Gasteiger partial charge in [0.25, 0.3) is 0 Å². The van der Waals surface area contributed by atoms with Gasteiger partial charge in [-0.1, -0.05) is 292 Å². The van der Waals surface area contributed by atoms with E-state index in [1.165, 1.54) is 99.8 Å². The summed E-state index contributed by atoms with van der Waals surface area (Å²) in [4.78, 5) is 0. The van der Waals surface area contributed by atoms with E-state index < -0.39 is 7.12 Å². The molecule has 15 rings (SSSR count). The number of benzene rings is 12. The number of rotatable bonds is 6. The van der Waals surface area contributed by atoms with Crippen LogP contribution in [0, 0.1) is 22.7 Å². The van der Waals surface area contributed by atoms with Gasteiger partial charge < -0.3 is 10.0 Å². The molecule has 13 aromatic rings. The van der Waals surface area contributed by atoms with Gasteiger partial charge in [-0.05, 0) is 180 Å². The van der Waals surface area contributed by atoms with Crippen molar-refractivity contribution in [2.45, 2.75) is 38.5 Å². The van der Waals surface area contributed by atoms with Gasteiger partial charge in [-0.2, -0.15) is 10.5 Å². The van der Waals surface area contributed by atoms with Gasteiger partial charge >= 0.3 is 7.12 Å². The van der Waals surface area contributed by atoms with Gasteiger partial charge in [0.15, 0.2) is 0 Å². The average Bonchev–Trinajstić information content (AvgIpc) is 1.44. The third kappa shape index (κ3) is 11.0. The van der Waals surface area contributed by atoms with E-state index in [0.29, 0.717) is 11.0 Å². The molecule has 6 heteroatoms. The lowest BCUT2D eigenvalue weighted by atomic mass is 9.72. The summed E-state index contributed by atoms with van der Waals surface area (Å²) in [7, 11) is -1.53. The van der Waals surface area contributed by atoms with Gasteiger partial charge in [-0.15, -0.1) is 0 Å². The Hall–Kier alpha value is -10.4. The van der Waals surface area contributed by atoms with Gasteiger partial charge in [0, 0.05) is 15.3 Å². The highest BCUT2D eigenvalue weighted by Crippen LogP contribution is 2.52. The van der Waals surface area contributed by atoms with Crippen molar-refractivity contribution in [1.82, 2.24) is 0 Å². The summed E-state index contributed by atoms with van der Waals surface area (Å²) >= 11 is 3.54. The molecule has 0 aliphatic heterocycles. The highest BCUT2D eigenvalue weighted by atomic mass is 79.9. The van der Waals surface area contributed by atoms with Crippen molar-refractivity contribution in [2.75, 3.05) is 0 Å². The molecule has 0 bridgehead atoms. The molecule has 2 aliphatic carbocycles. The van der Waals surface area contributed by atoms with Crippen molar-refractivity contribution in [1.29, 1.82) is 10.5 Å². The van der Waals surface area contributed by atoms with Crippen molar-refractivity contribution in [3.05, 3.63) is 329 Å². The van der Waals surface area contributed by atoms with E-state index in [1.54, 1.807) is 0 Å². The third-order valence-corrected chi connectivity index (χ3v) is 18.6. The van der Waals surface area contributed by atoms with Crippen molar-refractivity contribution in [3.8, 4) is 90.0 Å². The third-order valence-electron chi connectivity index (χ3n) is 18.1. The molecule has 2 aliphatic rings. The van der Waals surface area contributed by atoms with E-state index in [9.17, 15) is 15.3 Å². The van der Waals surface area contributed by atoms with E-state index in [0.717, 1.165) is 42.7 Å². The number of halogens is 1. The van der Waals surface area contributed by atoms with Gasteiger partial charge in [-0.25, -0.2) is 0 Å². The van der Waals surface area contributed by atoms with E-state index >= 15 is 0 Å². The van der Waals surface area contributed by atoms with Crippen LogP contribution >= 0.6 is 15.9 Å². The number of hydrogen-bond acceptors (Lipinski definition) is 4. The monoisotopic (exact) mass is 1220 g/mol. The quantitative estimate of drug-likeness (QED) is 0.128. The van der Waals surface area contributed by atoms with E-state index in [-0.39, 0.29) is 10.8 Å². The van der Waals surface area contributed by atoms with E-state index in [1.807, 2.05) is 84.9 Å². The molecule has 0 heterocycles. The zero-order valence-electron chi connectivity index (χ0n) is 50.5. The normalized spacial score (nSPS) is 12.5. The lowest BCUT2D eigenvalue weighted by molar-refractivity contribution is 0.426. The second-order valence-corrected chi connectivity index (χ2v) is 25.0. The molecule has 430 valence electrons. The molecule has 0 saturated carbocycles. The molecule has 13 aromatic carbocycles. The molecule has 0 amide bonds. The summed E-state index contributed by atoms with van der Waals surface area (Å²) in [5, 5.41) is 44.9. The zero-order valence-corrected chi connectivity index (χ0v) is 52.0. The Balaban J connectivity index is 0.000000136. The van der Waals surface area contributed by atoms with Crippen LogP contribution in [-0.2, 0) is 10.8 Å². The van der Waals surface area contributed by atoms with Crippen molar-refractivity contribution in [3.63, 3.8) is 0 Å². The van der Waals surface area contributed by atoms with Crippen LogP contribution in [0.25, 0.3) is 110 Å². The molecule has 0 saturated heterocycles. The van der Waals surface area contributed by atoms with E-state index in [2.05, 4.69) is 262 Å². The fourth-order valence-electron chi connectivity index (χ4n) is 13.5. The maximum atomic E-state index is 10.1. The predicted octanol–water partition coefficient (Wildman–Crippen LogP) is 20.8. The van der Waals surface area contributed by atoms with Gasteiger partial charge in [0.2, 0.25) is 0 Å². The van der Waals surface area contributed by atoms with Crippen molar-refractivity contribution < 1.29 is 10.0 Å². The molecule has 0 unspecified atom stereocenters. The van der Waals surface area contributed by atoms with Crippen LogP contribution in [0.2, 0.25) is 0 Å². The summed E-state index contributed by atoms with van der Waals surface area (Å²) in [5.74, 6) is 0. The van der Waals surface area contributed by atoms with Crippen LogP contribution in [0.1, 0.15) is 61.1 Å². The fraction of sp³-hybridized carbons (Fsp3) is 0.0714. The van der Waals surface area contributed by atoms with Crippen LogP contribution in [0.15, 0.2) is 296 Å². The van der Waals surface area contributed by atoms with Gasteiger partial charge in [0.1, 0.15) is 0 Å². The average molecular weight is 1220 g/mol. The number of hydrogen-bond donors (Lipinski definition) is 2. The Labute approximate surface area is 535 Å². The maximum absolute atomic E-state index is 10.1. The summed E-state index contributed by atoms with van der Waals surface area (Å²) in [5.41, 5.74) is 23.6.